The van der Waals surface area contributed by atoms with Gasteiger partial charge in [-0.25, -0.2) is 8.42 Å². The van der Waals surface area contributed by atoms with Gasteiger partial charge in [0.15, 0.2) is 0 Å². The molecule has 0 atom stereocenters. The van der Waals surface area contributed by atoms with E-state index in [9.17, 15) is 8.42 Å². The molecule has 2 aromatic rings. The van der Waals surface area contributed by atoms with Crippen LogP contribution < -0.4 is 10.5 Å². The van der Waals surface area contributed by atoms with Crippen molar-refractivity contribution in [3.63, 3.8) is 0 Å². The van der Waals surface area contributed by atoms with Gasteiger partial charge in [-0.3, -0.25) is 9.71 Å². The van der Waals surface area contributed by atoms with Crippen molar-refractivity contribution in [2.45, 2.75) is 12.7 Å². The molecule has 1 aromatic carbocycles. The van der Waals surface area contributed by atoms with Crippen molar-refractivity contribution in [3.8, 4) is 0 Å². The second-order valence-electron chi connectivity index (χ2n) is 4.25. The van der Waals surface area contributed by atoms with Crippen LogP contribution in [0.4, 0.5) is 11.4 Å². The molecular formula is C13H15N3O2S. The number of nitrogens with two attached hydrogens (primary N) is 1. The number of anilines is 2. The second kappa shape index (κ2) is 5.27. The van der Waals surface area contributed by atoms with Gasteiger partial charge in [-0.2, -0.15) is 0 Å². The molecular weight excluding hydrogens is 262 g/mol. The number of sulfonamides is 1. The molecule has 0 aliphatic rings. The minimum atomic E-state index is -3.50. The molecule has 2 rings (SSSR count). The summed E-state index contributed by atoms with van der Waals surface area (Å²) < 4.78 is 26.7. The fraction of sp³-hybridized carbons (Fsp3) is 0.154. The fourth-order valence-corrected chi connectivity index (χ4v) is 2.94. The summed E-state index contributed by atoms with van der Waals surface area (Å²) in [4.78, 5) is 3.90. The summed E-state index contributed by atoms with van der Waals surface area (Å²) in [7, 11) is -3.50. The molecule has 6 heteroatoms. The Balaban J connectivity index is 2.21. The van der Waals surface area contributed by atoms with Gasteiger partial charge in [-0.05, 0) is 30.2 Å². The van der Waals surface area contributed by atoms with Gasteiger partial charge in [-0.1, -0.05) is 18.2 Å². The number of para-hydroxylation sites is 1. The smallest absolute Gasteiger partial charge is 0.237 e. The average Bonchev–Trinajstić information content (AvgIpc) is 2.35. The Morgan fingerprint density at radius 2 is 2.00 bits per heavy atom. The molecule has 5 nitrogen and oxygen atoms in total. The molecule has 1 heterocycles. The van der Waals surface area contributed by atoms with Gasteiger partial charge in [0.25, 0.3) is 0 Å². The van der Waals surface area contributed by atoms with Gasteiger partial charge in [0.1, 0.15) is 0 Å². The predicted octanol–water partition coefficient (Wildman–Crippen LogP) is 1.91. The lowest BCUT2D eigenvalue weighted by Crippen LogP contribution is -2.16. The Labute approximate surface area is 112 Å². The molecule has 0 bridgehead atoms. The third-order valence-corrected chi connectivity index (χ3v) is 3.93. The third kappa shape index (κ3) is 3.45. The van der Waals surface area contributed by atoms with Crippen molar-refractivity contribution < 1.29 is 8.42 Å². The zero-order chi connectivity index (χ0) is 13.9. The van der Waals surface area contributed by atoms with Gasteiger partial charge < -0.3 is 5.73 Å². The summed E-state index contributed by atoms with van der Waals surface area (Å²) in [5, 5.41) is 0. The number of hydrogen-bond acceptors (Lipinski definition) is 4. The Bertz CT molecular complexity index is 630. The average molecular weight is 277 g/mol. The molecule has 0 fully saturated rings. The number of nitrogen functional groups attached to an aromatic ring is 1. The molecule has 0 aliphatic carbocycles. The van der Waals surface area contributed by atoms with Gasteiger partial charge in [0, 0.05) is 11.9 Å². The van der Waals surface area contributed by atoms with E-state index in [1.807, 2.05) is 6.92 Å². The highest BCUT2D eigenvalue weighted by Crippen LogP contribution is 2.18. The van der Waals surface area contributed by atoms with Crippen molar-refractivity contribution >= 4 is 21.4 Å². The number of aryl methyl sites for hydroxylation is 1. The lowest BCUT2D eigenvalue weighted by molar-refractivity contribution is 0.600. The molecule has 0 saturated carbocycles. The van der Waals surface area contributed by atoms with E-state index in [2.05, 4.69) is 9.71 Å². The third-order valence-electron chi connectivity index (χ3n) is 2.71. The van der Waals surface area contributed by atoms with Crippen LogP contribution in [0.1, 0.15) is 11.1 Å². The lowest BCUT2D eigenvalue weighted by Gasteiger charge is -2.11. The topological polar surface area (TPSA) is 85.1 Å². The maximum absolute atomic E-state index is 12.1. The van der Waals surface area contributed by atoms with Crippen LogP contribution in [0.25, 0.3) is 0 Å². The largest absolute Gasteiger partial charge is 0.398 e. The summed E-state index contributed by atoms with van der Waals surface area (Å²) in [6.07, 6.45) is 3.10. The van der Waals surface area contributed by atoms with Crippen LogP contribution in [0.2, 0.25) is 0 Å². The van der Waals surface area contributed by atoms with E-state index in [0.717, 1.165) is 5.56 Å². The van der Waals surface area contributed by atoms with E-state index in [1.165, 1.54) is 6.20 Å². The van der Waals surface area contributed by atoms with E-state index in [-0.39, 0.29) is 5.75 Å². The number of nitrogens with zero attached hydrogens (tertiary/aromatic N) is 1. The number of benzene rings is 1. The Morgan fingerprint density at radius 3 is 2.68 bits per heavy atom. The maximum Gasteiger partial charge on any atom is 0.237 e. The number of hydrogen-bond donors (Lipinski definition) is 2. The van der Waals surface area contributed by atoms with E-state index in [0.29, 0.717) is 16.9 Å². The number of aromatic nitrogens is 1. The zero-order valence-corrected chi connectivity index (χ0v) is 11.3. The first kappa shape index (κ1) is 13.4. The molecule has 0 spiro atoms. The van der Waals surface area contributed by atoms with Crippen LogP contribution in [0.15, 0.2) is 42.7 Å². The monoisotopic (exact) mass is 277 g/mol. The summed E-state index contributed by atoms with van der Waals surface area (Å²) in [5.41, 5.74) is 8.10. The van der Waals surface area contributed by atoms with E-state index in [4.69, 9.17) is 5.73 Å². The van der Waals surface area contributed by atoms with Crippen molar-refractivity contribution in [2.24, 2.45) is 0 Å². The second-order valence-corrected chi connectivity index (χ2v) is 5.97. The van der Waals surface area contributed by atoms with Gasteiger partial charge in [0.2, 0.25) is 10.0 Å². The highest BCUT2D eigenvalue weighted by Gasteiger charge is 2.14. The molecule has 100 valence electrons. The van der Waals surface area contributed by atoms with Crippen LogP contribution in [0.5, 0.6) is 0 Å². The fourth-order valence-electron chi connectivity index (χ4n) is 1.64. The SMILES string of the molecule is Cc1ccncc1NS(=O)(=O)Cc1ccccc1N. The van der Waals surface area contributed by atoms with Crippen LogP contribution in [0, 0.1) is 6.92 Å². The first-order chi connectivity index (χ1) is 8.98. The number of rotatable bonds is 4. The van der Waals surface area contributed by atoms with Crippen molar-refractivity contribution in [3.05, 3.63) is 53.9 Å². The molecule has 0 radical (unpaired) electrons. The normalized spacial score (nSPS) is 11.2. The highest BCUT2D eigenvalue weighted by molar-refractivity contribution is 7.91. The van der Waals surface area contributed by atoms with Crippen LogP contribution in [-0.4, -0.2) is 13.4 Å². The molecule has 1 aromatic heterocycles. The Kier molecular flexibility index (Phi) is 3.71. The first-order valence-corrected chi connectivity index (χ1v) is 7.38. The highest BCUT2D eigenvalue weighted by atomic mass is 32.2. The lowest BCUT2D eigenvalue weighted by atomic mass is 10.2. The summed E-state index contributed by atoms with van der Waals surface area (Å²) in [5.74, 6) is -0.159. The molecule has 3 N–H and O–H groups in total. The van der Waals surface area contributed by atoms with E-state index in [1.54, 1.807) is 36.5 Å². The molecule has 19 heavy (non-hydrogen) atoms. The van der Waals surface area contributed by atoms with E-state index < -0.39 is 10.0 Å². The zero-order valence-electron chi connectivity index (χ0n) is 10.5. The quantitative estimate of drug-likeness (QED) is 0.836. The summed E-state index contributed by atoms with van der Waals surface area (Å²) in [6, 6.07) is 8.65. The van der Waals surface area contributed by atoms with Crippen LogP contribution in [0.3, 0.4) is 0 Å². The molecule has 0 saturated heterocycles. The number of nitrogens with one attached hydrogen (secondary N) is 1. The van der Waals surface area contributed by atoms with Crippen molar-refractivity contribution in [2.75, 3.05) is 10.5 Å². The van der Waals surface area contributed by atoms with Gasteiger partial charge >= 0.3 is 0 Å². The maximum atomic E-state index is 12.1. The minimum absolute atomic E-state index is 0.159. The molecule has 0 amide bonds. The van der Waals surface area contributed by atoms with Gasteiger partial charge in [0.05, 0.1) is 17.6 Å². The Hall–Kier alpha value is -2.08. The standard InChI is InChI=1S/C13H15N3O2S/c1-10-6-7-15-8-13(10)16-19(17,18)9-11-4-2-3-5-12(11)14/h2-8,16H,9,14H2,1H3. The summed E-state index contributed by atoms with van der Waals surface area (Å²) >= 11 is 0. The number of pyridine rings is 1. The first-order valence-electron chi connectivity index (χ1n) is 5.72. The molecule has 0 aliphatic heterocycles. The van der Waals surface area contributed by atoms with Crippen LogP contribution in [-0.2, 0) is 15.8 Å². The predicted molar refractivity (Wildman–Crippen MR) is 76.1 cm³/mol. The van der Waals surface area contributed by atoms with E-state index >= 15 is 0 Å². The molecule has 0 unspecified atom stereocenters. The van der Waals surface area contributed by atoms with Crippen molar-refractivity contribution in [1.29, 1.82) is 0 Å². The van der Waals surface area contributed by atoms with Crippen LogP contribution >= 0.6 is 0 Å². The summed E-state index contributed by atoms with van der Waals surface area (Å²) in [6.45, 7) is 1.82. The van der Waals surface area contributed by atoms with Crippen molar-refractivity contribution in [1.82, 2.24) is 4.98 Å². The van der Waals surface area contributed by atoms with Gasteiger partial charge in [-0.15, -0.1) is 0 Å². The minimum Gasteiger partial charge on any atom is -0.398 e. The Morgan fingerprint density at radius 1 is 1.26 bits per heavy atom.